The van der Waals surface area contributed by atoms with Gasteiger partial charge in [-0.3, -0.25) is 14.7 Å². The van der Waals surface area contributed by atoms with Crippen molar-refractivity contribution in [2.45, 2.75) is 45.6 Å². The van der Waals surface area contributed by atoms with E-state index < -0.39 is 0 Å². The summed E-state index contributed by atoms with van der Waals surface area (Å²) in [6, 6.07) is 4.00. The SMILES string of the molecule is CCN1CCN(C(=O)C2CCc3sc(-c4ccncc4)nc3C2)CC1(C)C. The molecule has 1 saturated heterocycles. The van der Waals surface area contributed by atoms with Gasteiger partial charge in [-0.25, -0.2) is 4.98 Å². The van der Waals surface area contributed by atoms with Crippen LogP contribution in [0.25, 0.3) is 10.6 Å². The standard InChI is InChI=1S/C21H28N4OS/c1-4-25-12-11-24(14-21(25,2)3)20(26)16-5-6-18-17(13-16)23-19(27-18)15-7-9-22-10-8-15/h7-10,16H,4-6,11-14H2,1-3H3. The van der Waals surface area contributed by atoms with Gasteiger partial charge < -0.3 is 4.90 Å². The lowest BCUT2D eigenvalue weighted by molar-refractivity contribution is -0.141. The van der Waals surface area contributed by atoms with Gasteiger partial charge in [-0.05, 0) is 45.4 Å². The van der Waals surface area contributed by atoms with Crippen LogP contribution < -0.4 is 0 Å². The summed E-state index contributed by atoms with van der Waals surface area (Å²) in [6.07, 6.45) is 6.30. The van der Waals surface area contributed by atoms with Crippen molar-refractivity contribution in [1.82, 2.24) is 19.8 Å². The molecular formula is C21H28N4OS. The number of rotatable bonds is 3. The van der Waals surface area contributed by atoms with Gasteiger partial charge in [0.25, 0.3) is 0 Å². The second kappa shape index (κ2) is 7.32. The number of nitrogens with zero attached hydrogens (tertiary/aromatic N) is 4. The fourth-order valence-corrected chi connectivity index (χ4v) is 5.54. The van der Waals surface area contributed by atoms with Crippen LogP contribution in [0.1, 0.15) is 37.8 Å². The number of hydrogen-bond donors (Lipinski definition) is 0. The topological polar surface area (TPSA) is 49.3 Å². The number of fused-ring (bicyclic) bond motifs is 1. The number of aromatic nitrogens is 2. The van der Waals surface area contributed by atoms with Gasteiger partial charge in [-0.1, -0.05) is 6.92 Å². The maximum atomic E-state index is 13.2. The molecule has 0 spiro atoms. The lowest BCUT2D eigenvalue weighted by Crippen LogP contribution is -2.61. The molecule has 1 fully saturated rings. The molecule has 0 saturated carbocycles. The Hall–Kier alpha value is -1.79. The molecular weight excluding hydrogens is 356 g/mol. The van der Waals surface area contributed by atoms with Gasteiger partial charge in [0.15, 0.2) is 0 Å². The van der Waals surface area contributed by atoms with Crippen molar-refractivity contribution >= 4 is 17.2 Å². The van der Waals surface area contributed by atoms with E-state index in [1.165, 1.54) is 4.88 Å². The quantitative estimate of drug-likeness (QED) is 0.815. The van der Waals surface area contributed by atoms with Gasteiger partial charge in [0.05, 0.1) is 5.69 Å². The van der Waals surface area contributed by atoms with Gasteiger partial charge in [0.2, 0.25) is 5.91 Å². The predicted molar refractivity (Wildman–Crippen MR) is 109 cm³/mol. The minimum absolute atomic E-state index is 0.0532. The third kappa shape index (κ3) is 3.65. The van der Waals surface area contributed by atoms with Crippen LogP contribution in [0.3, 0.4) is 0 Å². The Morgan fingerprint density at radius 2 is 2.07 bits per heavy atom. The molecule has 2 aliphatic rings. The average Bonchev–Trinajstić information content (AvgIpc) is 3.10. The number of pyridine rings is 1. The molecule has 4 rings (SSSR count). The zero-order valence-corrected chi connectivity index (χ0v) is 17.3. The van der Waals surface area contributed by atoms with Crippen molar-refractivity contribution in [1.29, 1.82) is 0 Å². The Labute approximate surface area is 165 Å². The van der Waals surface area contributed by atoms with Gasteiger partial charge in [0, 0.05) is 60.3 Å². The highest BCUT2D eigenvalue weighted by Gasteiger charge is 2.38. The Bertz CT molecular complexity index is 817. The Balaban J connectivity index is 1.47. The van der Waals surface area contributed by atoms with Gasteiger partial charge >= 0.3 is 0 Å². The highest BCUT2D eigenvalue weighted by molar-refractivity contribution is 7.15. The first kappa shape index (κ1) is 18.6. The van der Waals surface area contributed by atoms with Crippen LogP contribution in [0, 0.1) is 5.92 Å². The highest BCUT2D eigenvalue weighted by atomic mass is 32.1. The van der Waals surface area contributed by atoms with Gasteiger partial charge in [-0.2, -0.15) is 0 Å². The number of aryl methyl sites for hydroxylation is 1. The van der Waals surface area contributed by atoms with Crippen LogP contribution in [0.4, 0.5) is 0 Å². The Kier molecular flexibility index (Phi) is 5.03. The van der Waals surface area contributed by atoms with E-state index in [0.29, 0.717) is 5.91 Å². The van der Waals surface area contributed by atoms with Gasteiger partial charge in [-0.15, -0.1) is 11.3 Å². The minimum atomic E-state index is 0.0532. The first-order valence-corrected chi connectivity index (χ1v) is 10.7. The lowest BCUT2D eigenvalue weighted by atomic mass is 9.88. The van der Waals surface area contributed by atoms with Crippen molar-refractivity contribution in [3.8, 4) is 10.6 Å². The number of amides is 1. The highest BCUT2D eigenvalue weighted by Crippen LogP contribution is 2.35. The molecule has 2 aromatic rings. The molecule has 1 amide bonds. The van der Waals surface area contributed by atoms with Crippen LogP contribution in [-0.2, 0) is 17.6 Å². The average molecular weight is 385 g/mol. The van der Waals surface area contributed by atoms with Crippen LogP contribution >= 0.6 is 11.3 Å². The first-order chi connectivity index (χ1) is 13.0. The first-order valence-electron chi connectivity index (χ1n) is 9.91. The summed E-state index contributed by atoms with van der Waals surface area (Å²) in [6.45, 7) is 10.4. The van der Waals surface area contributed by atoms with Crippen LogP contribution in [0.15, 0.2) is 24.5 Å². The van der Waals surface area contributed by atoms with E-state index in [2.05, 4.69) is 35.6 Å². The molecule has 144 valence electrons. The molecule has 3 heterocycles. The van der Waals surface area contributed by atoms with Crippen molar-refractivity contribution < 1.29 is 4.79 Å². The molecule has 1 atom stereocenters. The van der Waals surface area contributed by atoms with Crippen LogP contribution in [-0.4, -0.2) is 57.4 Å². The summed E-state index contributed by atoms with van der Waals surface area (Å²) in [7, 11) is 0. The maximum Gasteiger partial charge on any atom is 0.226 e. The predicted octanol–water partition coefficient (Wildman–Crippen LogP) is 3.25. The summed E-state index contributed by atoms with van der Waals surface area (Å²) >= 11 is 1.77. The minimum Gasteiger partial charge on any atom is -0.339 e. The van der Waals surface area contributed by atoms with Crippen LogP contribution in [0.2, 0.25) is 0 Å². The molecule has 6 heteroatoms. The third-order valence-corrected chi connectivity index (χ3v) is 7.19. The smallest absolute Gasteiger partial charge is 0.226 e. The number of carbonyl (C=O) groups excluding carboxylic acids is 1. The molecule has 1 aliphatic carbocycles. The van der Waals surface area contributed by atoms with Crippen LogP contribution in [0.5, 0.6) is 0 Å². The van der Waals surface area contributed by atoms with E-state index in [0.717, 1.165) is 61.7 Å². The normalized spacial score (nSPS) is 22.5. The Morgan fingerprint density at radius 3 is 2.78 bits per heavy atom. The molecule has 0 N–H and O–H groups in total. The van der Waals surface area contributed by atoms with E-state index in [1.54, 1.807) is 23.7 Å². The summed E-state index contributed by atoms with van der Waals surface area (Å²) in [5.41, 5.74) is 2.30. The molecule has 0 bridgehead atoms. The van der Waals surface area contributed by atoms with Gasteiger partial charge in [0.1, 0.15) is 5.01 Å². The largest absolute Gasteiger partial charge is 0.339 e. The number of thiazole rings is 1. The molecule has 1 unspecified atom stereocenters. The summed E-state index contributed by atoms with van der Waals surface area (Å²) in [5, 5.41) is 1.05. The fraction of sp³-hybridized carbons (Fsp3) is 0.571. The fourth-order valence-electron chi connectivity index (χ4n) is 4.43. The third-order valence-electron chi connectivity index (χ3n) is 5.98. The second-order valence-electron chi connectivity index (χ2n) is 8.22. The maximum absolute atomic E-state index is 13.2. The summed E-state index contributed by atoms with van der Waals surface area (Å²) in [4.78, 5) is 28.1. The molecule has 2 aromatic heterocycles. The molecule has 0 aromatic carbocycles. The van der Waals surface area contributed by atoms with Crippen molar-refractivity contribution in [3.63, 3.8) is 0 Å². The second-order valence-corrected chi connectivity index (χ2v) is 9.30. The summed E-state index contributed by atoms with van der Waals surface area (Å²) in [5.74, 6) is 0.400. The number of piperazine rings is 1. The molecule has 0 radical (unpaired) electrons. The van der Waals surface area contributed by atoms with E-state index in [-0.39, 0.29) is 11.5 Å². The van der Waals surface area contributed by atoms with Crippen molar-refractivity contribution in [2.24, 2.45) is 5.92 Å². The zero-order chi connectivity index (χ0) is 19.0. The number of hydrogen-bond acceptors (Lipinski definition) is 5. The van der Waals surface area contributed by atoms with E-state index in [4.69, 9.17) is 4.98 Å². The molecule has 27 heavy (non-hydrogen) atoms. The van der Waals surface area contributed by atoms with E-state index in [1.807, 2.05) is 12.1 Å². The number of likely N-dealkylation sites (N-methyl/N-ethyl adjacent to an activating group) is 1. The Morgan fingerprint density at radius 1 is 1.30 bits per heavy atom. The zero-order valence-electron chi connectivity index (χ0n) is 16.4. The van der Waals surface area contributed by atoms with Crippen molar-refractivity contribution in [2.75, 3.05) is 26.2 Å². The lowest BCUT2D eigenvalue weighted by Gasteiger charge is -2.47. The van der Waals surface area contributed by atoms with E-state index >= 15 is 0 Å². The van der Waals surface area contributed by atoms with E-state index in [9.17, 15) is 4.79 Å². The molecule has 5 nitrogen and oxygen atoms in total. The monoisotopic (exact) mass is 384 g/mol. The summed E-state index contributed by atoms with van der Waals surface area (Å²) < 4.78 is 0. The number of carbonyl (C=O) groups is 1. The van der Waals surface area contributed by atoms with Crippen molar-refractivity contribution in [3.05, 3.63) is 35.1 Å². The molecule has 1 aliphatic heterocycles.